The molecule has 224 valence electrons. The molecule has 3 aliphatic rings. The molecule has 1 fully saturated rings. The lowest BCUT2D eigenvalue weighted by Crippen LogP contribution is -2.52. The number of carbonyl (C=O) groups excluding carboxylic acids is 5. The minimum absolute atomic E-state index is 0.120. The van der Waals surface area contributed by atoms with Crippen LogP contribution in [0.15, 0.2) is 18.2 Å². The normalized spacial score (nSPS) is 23.6. The second kappa shape index (κ2) is 14.7. The van der Waals surface area contributed by atoms with Gasteiger partial charge in [-0.05, 0) is 61.3 Å². The molecule has 8 nitrogen and oxygen atoms in total. The Labute approximate surface area is 243 Å². The molecule has 0 aromatic heterocycles. The van der Waals surface area contributed by atoms with Gasteiger partial charge in [0.05, 0.1) is 12.6 Å². The molecule has 3 atom stereocenters. The van der Waals surface area contributed by atoms with Crippen molar-refractivity contribution in [3.05, 3.63) is 29.3 Å². The first-order chi connectivity index (χ1) is 19.8. The quantitative estimate of drug-likeness (QED) is 0.448. The topological polar surface area (TPSA) is 124 Å². The third-order valence-electron chi connectivity index (χ3n) is 9.26. The molecule has 0 radical (unpaired) electrons. The van der Waals surface area contributed by atoms with Crippen molar-refractivity contribution in [3.8, 4) is 5.75 Å². The number of carbonyl (C=O) groups is 5. The van der Waals surface area contributed by atoms with Crippen LogP contribution in [0.4, 0.5) is 0 Å². The summed E-state index contributed by atoms with van der Waals surface area (Å²) in [5.41, 5.74) is 7.21. The molecule has 2 N–H and O–H groups in total. The highest BCUT2D eigenvalue weighted by atomic mass is 16.5. The van der Waals surface area contributed by atoms with Gasteiger partial charge < -0.3 is 15.4 Å². The van der Waals surface area contributed by atoms with Gasteiger partial charge in [0, 0.05) is 44.1 Å². The van der Waals surface area contributed by atoms with Crippen molar-refractivity contribution in [3.63, 3.8) is 0 Å². The van der Waals surface area contributed by atoms with Crippen molar-refractivity contribution in [2.24, 2.45) is 23.5 Å². The smallest absolute Gasteiger partial charge is 0.285 e. The second-order valence-electron chi connectivity index (χ2n) is 12.3. The number of fused-ring (bicyclic) bond motifs is 2. The number of amides is 2. The lowest BCUT2D eigenvalue weighted by Gasteiger charge is -2.40. The monoisotopic (exact) mass is 566 g/mol. The summed E-state index contributed by atoms with van der Waals surface area (Å²) < 4.78 is 6.01. The van der Waals surface area contributed by atoms with E-state index >= 15 is 0 Å². The molecular formula is C33H46N2O6. The minimum Gasteiger partial charge on any atom is -0.494 e. The lowest BCUT2D eigenvalue weighted by atomic mass is 9.76. The Hall–Kier alpha value is -3.03. The molecule has 2 heterocycles. The zero-order chi connectivity index (χ0) is 29.4. The summed E-state index contributed by atoms with van der Waals surface area (Å²) in [7, 11) is 0. The van der Waals surface area contributed by atoms with E-state index in [4.69, 9.17) is 10.5 Å². The first-order valence-corrected chi connectivity index (χ1v) is 15.7. The van der Waals surface area contributed by atoms with E-state index in [0.717, 1.165) is 74.7 Å². The molecular weight excluding hydrogens is 520 g/mol. The number of rotatable bonds is 8. The van der Waals surface area contributed by atoms with Crippen LogP contribution in [0.2, 0.25) is 0 Å². The van der Waals surface area contributed by atoms with E-state index in [-0.39, 0.29) is 42.8 Å². The molecule has 1 aliphatic carbocycles. The van der Waals surface area contributed by atoms with E-state index in [9.17, 15) is 24.0 Å². The van der Waals surface area contributed by atoms with Crippen LogP contribution in [0.1, 0.15) is 108 Å². The number of nitrogens with zero attached hydrogens (tertiary/aromatic N) is 1. The fourth-order valence-corrected chi connectivity index (χ4v) is 6.94. The van der Waals surface area contributed by atoms with Gasteiger partial charge in [-0.2, -0.15) is 0 Å². The molecule has 1 aromatic carbocycles. The van der Waals surface area contributed by atoms with E-state index in [1.165, 1.54) is 0 Å². The third kappa shape index (κ3) is 8.04. The van der Waals surface area contributed by atoms with E-state index < -0.39 is 29.6 Å². The van der Waals surface area contributed by atoms with Gasteiger partial charge in [0.25, 0.3) is 5.91 Å². The van der Waals surface area contributed by atoms with Gasteiger partial charge in [-0.3, -0.25) is 24.0 Å². The number of benzene rings is 1. The summed E-state index contributed by atoms with van der Waals surface area (Å²) >= 11 is 0. The number of Topliss-reactive ketones (excluding diaryl/α,β-unsaturated/α-hetero) is 3. The molecule has 0 unspecified atom stereocenters. The molecule has 1 saturated carbocycles. The van der Waals surface area contributed by atoms with Crippen molar-refractivity contribution in [2.45, 2.75) is 116 Å². The highest BCUT2D eigenvalue weighted by molar-refractivity contribution is 6.36. The van der Waals surface area contributed by atoms with Crippen LogP contribution in [0, 0.1) is 17.8 Å². The number of ether oxygens (including phenoxy) is 1. The molecule has 2 aliphatic heterocycles. The summed E-state index contributed by atoms with van der Waals surface area (Å²) in [5.74, 6) is -2.39. The van der Waals surface area contributed by atoms with Crippen molar-refractivity contribution in [1.29, 1.82) is 0 Å². The molecule has 0 saturated heterocycles. The molecule has 2 amide bonds. The van der Waals surface area contributed by atoms with Crippen LogP contribution in [0.25, 0.3) is 0 Å². The Kier molecular flexibility index (Phi) is 11.1. The molecule has 3 bridgehead atoms. The number of ketones is 3. The minimum atomic E-state index is -1.03. The summed E-state index contributed by atoms with van der Waals surface area (Å²) in [6, 6.07) is 5.10. The summed E-state index contributed by atoms with van der Waals surface area (Å²) in [6.45, 7) is 2.73. The van der Waals surface area contributed by atoms with Crippen LogP contribution in [-0.2, 0) is 36.9 Å². The Morgan fingerprint density at radius 1 is 0.976 bits per heavy atom. The van der Waals surface area contributed by atoms with Crippen molar-refractivity contribution < 1.29 is 28.7 Å². The summed E-state index contributed by atoms with van der Waals surface area (Å²) in [5, 5.41) is 0. The van der Waals surface area contributed by atoms with Crippen molar-refractivity contribution in [1.82, 2.24) is 4.90 Å². The molecule has 0 spiro atoms. The van der Waals surface area contributed by atoms with Crippen molar-refractivity contribution in [2.75, 3.05) is 6.61 Å². The lowest BCUT2D eigenvalue weighted by molar-refractivity contribution is -0.148. The maximum Gasteiger partial charge on any atom is 0.285 e. The van der Waals surface area contributed by atoms with Gasteiger partial charge >= 0.3 is 0 Å². The average molecular weight is 567 g/mol. The Morgan fingerprint density at radius 2 is 1.71 bits per heavy atom. The van der Waals surface area contributed by atoms with E-state index in [2.05, 4.69) is 0 Å². The highest BCUT2D eigenvalue weighted by Crippen LogP contribution is 2.37. The average Bonchev–Trinajstić information content (AvgIpc) is 2.97. The summed E-state index contributed by atoms with van der Waals surface area (Å²) in [6.07, 6.45) is 10.6. The predicted molar refractivity (Wildman–Crippen MR) is 155 cm³/mol. The molecule has 8 heteroatoms. The Balaban J connectivity index is 1.69. The first-order valence-electron chi connectivity index (χ1n) is 15.7. The van der Waals surface area contributed by atoms with Gasteiger partial charge in [-0.15, -0.1) is 0 Å². The predicted octanol–water partition coefficient (Wildman–Crippen LogP) is 4.87. The molecule has 1 aromatic rings. The van der Waals surface area contributed by atoms with Gasteiger partial charge in [0.2, 0.25) is 11.7 Å². The van der Waals surface area contributed by atoms with E-state index in [1.54, 1.807) is 4.90 Å². The molecule has 4 rings (SSSR count). The van der Waals surface area contributed by atoms with E-state index in [1.807, 2.05) is 25.1 Å². The summed E-state index contributed by atoms with van der Waals surface area (Å²) in [4.78, 5) is 67.4. The number of hydrogen-bond acceptors (Lipinski definition) is 6. The SMILES string of the molecule is CCC[C@H](CC(=O)[C@@H]1Cc2ccc3cc2CN1C(=O)[C@H](C1CCCCC1)CC(=O)CCCCCCO3)C(=O)C(N)=O. The van der Waals surface area contributed by atoms with Crippen LogP contribution in [-0.4, -0.2) is 46.7 Å². The maximum atomic E-state index is 14.5. The fourth-order valence-electron chi connectivity index (χ4n) is 6.94. The van der Waals surface area contributed by atoms with Crippen LogP contribution < -0.4 is 10.5 Å². The number of hydrogen-bond donors (Lipinski definition) is 1. The second-order valence-corrected chi connectivity index (χ2v) is 12.3. The molecule has 41 heavy (non-hydrogen) atoms. The van der Waals surface area contributed by atoms with Gasteiger partial charge in [0.15, 0.2) is 5.78 Å². The largest absolute Gasteiger partial charge is 0.494 e. The third-order valence-corrected chi connectivity index (χ3v) is 9.26. The van der Waals surface area contributed by atoms with Gasteiger partial charge in [-0.25, -0.2) is 0 Å². The zero-order valence-corrected chi connectivity index (χ0v) is 24.5. The van der Waals surface area contributed by atoms with Crippen molar-refractivity contribution >= 4 is 29.2 Å². The van der Waals surface area contributed by atoms with Crippen LogP contribution in [0.3, 0.4) is 0 Å². The zero-order valence-electron chi connectivity index (χ0n) is 24.5. The number of nitrogens with two attached hydrogens (primary N) is 1. The Bertz CT molecular complexity index is 1120. The van der Waals surface area contributed by atoms with Crippen LogP contribution in [0.5, 0.6) is 5.75 Å². The Morgan fingerprint density at radius 3 is 2.44 bits per heavy atom. The standard InChI is InChI=1S/C33H46N2O6/c1-2-10-24(31(38)32(34)39)19-30(37)29-18-23-14-15-27-17-25(23)21-35(29)33(40)28(22-11-6-5-7-12-22)20-26(36)13-8-3-4-9-16-41-27/h14-15,17,22,24,28-29H,2-13,16,18-21H2,1H3,(H2,34,39)/t24-,28+,29+/m1/s1. The maximum absolute atomic E-state index is 14.5. The number of primary amides is 1. The van der Waals surface area contributed by atoms with Gasteiger partial charge in [-0.1, -0.05) is 51.5 Å². The fraction of sp³-hybridized carbons (Fsp3) is 0.667. The first kappa shape index (κ1) is 30.9. The van der Waals surface area contributed by atoms with E-state index in [0.29, 0.717) is 32.3 Å². The highest BCUT2D eigenvalue weighted by Gasteiger charge is 2.41. The van der Waals surface area contributed by atoms with Gasteiger partial charge in [0.1, 0.15) is 11.5 Å². The van der Waals surface area contributed by atoms with Crippen LogP contribution >= 0.6 is 0 Å².